The first kappa shape index (κ1) is 21.1. The number of fused-ring (bicyclic) bond motifs is 1. The number of methoxy groups -OCH3 is 1. The van der Waals surface area contributed by atoms with E-state index in [2.05, 4.69) is 17.9 Å². The van der Waals surface area contributed by atoms with E-state index in [-0.39, 0.29) is 22.6 Å². The molecule has 2 heterocycles. The molecule has 168 valence electrons. The van der Waals surface area contributed by atoms with Gasteiger partial charge in [0, 0.05) is 29.7 Å². The maximum Gasteiger partial charge on any atom is 0.337 e. The third-order valence-electron chi connectivity index (χ3n) is 5.84. The van der Waals surface area contributed by atoms with E-state index in [0.717, 1.165) is 17.7 Å². The quantitative estimate of drug-likeness (QED) is 0.445. The summed E-state index contributed by atoms with van der Waals surface area (Å²) in [7, 11) is 3.12. The fraction of sp³-hybridized carbons (Fsp3) is 0.208. The van der Waals surface area contributed by atoms with Gasteiger partial charge in [-0.05, 0) is 61.4 Å². The number of benzene rings is 2. The van der Waals surface area contributed by atoms with Gasteiger partial charge < -0.3 is 10.1 Å². The number of ether oxygens (including phenoxy) is 1. The molecule has 2 aromatic heterocycles. The van der Waals surface area contributed by atoms with Crippen LogP contribution in [0.5, 0.6) is 5.75 Å². The van der Waals surface area contributed by atoms with Crippen LogP contribution in [0.2, 0.25) is 0 Å². The Hall–Kier alpha value is -3.72. The fourth-order valence-corrected chi connectivity index (χ4v) is 4.13. The van der Waals surface area contributed by atoms with Crippen LogP contribution in [0, 0.1) is 0 Å². The molecule has 9 heteroatoms. The summed E-state index contributed by atoms with van der Waals surface area (Å²) in [5.41, 5.74) is 0.585. The van der Waals surface area contributed by atoms with Crippen LogP contribution in [0.25, 0.3) is 16.7 Å². The number of pyridine rings is 1. The van der Waals surface area contributed by atoms with Crippen LogP contribution in [-0.4, -0.2) is 20.8 Å². The summed E-state index contributed by atoms with van der Waals surface area (Å²) >= 11 is 4.30. The first-order valence-electron chi connectivity index (χ1n) is 10.5. The van der Waals surface area contributed by atoms with E-state index in [1.807, 2.05) is 24.3 Å². The second kappa shape index (κ2) is 8.00. The summed E-state index contributed by atoms with van der Waals surface area (Å²) in [6.45, 7) is 0. The largest absolute Gasteiger partial charge is 0.497 e. The van der Waals surface area contributed by atoms with Crippen molar-refractivity contribution in [2.75, 3.05) is 12.4 Å². The van der Waals surface area contributed by atoms with Gasteiger partial charge in [0.25, 0.3) is 11.1 Å². The van der Waals surface area contributed by atoms with E-state index < -0.39 is 11.2 Å². The predicted molar refractivity (Wildman–Crippen MR) is 131 cm³/mol. The van der Waals surface area contributed by atoms with Crippen molar-refractivity contribution in [3.8, 4) is 11.4 Å². The molecule has 8 nitrogen and oxygen atoms in total. The predicted octanol–water partition coefficient (Wildman–Crippen LogP) is 3.23. The highest BCUT2D eigenvalue weighted by Gasteiger charge is 2.30. The molecule has 33 heavy (non-hydrogen) atoms. The lowest BCUT2D eigenvalue weighted by atomic mass is 10.2. The van der Waals surface area contributed by atoms with Gasteiger partial charge in [0.2, 0.25) is 0 Å². The molecule has 0 radical (unpaired) electrons. The molecule has 1 saturated carbocycles. The Morgan fingerprint density at radius 2 is 1.67 bits per heavy atom. The van der Waals surface area contributed by atoms with Crippen molar-refractivity contribution >= 4 is 35.0 Å². The third kappa shape index (κ3) is 3.64. The first-order chi connectivity index (χ1) is 15.9. The monoisotopic (exact) mass is 462 g/mol. The zero-order valence-corrected chi connectivity index (χ0v) is 19.0. The Balaban J connectivity index is 1.87. The SMILES string of the molecule is COc1ccc(-n2c(=O)n(C3CC3)c(=O)c3c(Nc4ccc(S)cc4)cc(=O)n(C)c32)cc1. The molecule has 0 unspecified atom stereocenters. The summed E-state index contributed by atoms with van der Waals surface area (Å²) in [6, 6.07) is 15.4. The second-order valence-corrected chi connectivity index (χ2v) is 8.56. The first-order valence-corrected chi connectivity index (χ1v) is 11.0. The van der Waals surface area contributed by atoms with Crippen LogP contribution in [-0.2, 0) is 7.05 Å². The van der Waals surface area contributed by atoms with E-state index in [4.69, 9.17) is 4.74 Å². The lowest BCUT2D eigenvalue weighted by Crippen LogP contribution is -2.41. The molecule has 0 aliphatic heterocycles. The molecule has 1 aliphatic rings. The number of rotatable bonds is 5. The van der Waals surface area contributed by atoms with Gasteiger partial charge in [0.15, 0.2) is 0 Å². The Morgan fingerprint density at radius 3 is 2.27 bits per heavy atom. The van der Waals surface area contributed by atoms with Gasteiger partial charge in [0.1, 0.15) is 16.8 Å². The summed E-state index contributed by atoms with van der Waals surface area (Å²) in [5, 5.41) is 3.46. The molecule has 4 aromatic rings. The standard InChI is InChI=1S/C24H22N4O4S/c1-26-20(29)13-19(25-14-3-11-18(33)12-4-14)21-22(26)27(15-7-9-17(32-2)10-8-15)24(31)28(23(21)30)16-5-6-16/h3-4,7-13,16,25,33H,5-6H2,1-2H3. The molecule has 5 rings (SSSR count). The van der Waals surface area contributed by atoms with Crippen LogP contribution in [0.4, 0.5) is 11.4 Å². The Bertz CT molecular complexity index is 1550. The zero-order valence-electron chi connectivity index (χ0n) is 18.1. The summed E-state index contributed by atoms with van der Waals surface area (Å²) in [5.74, 6) is 0.635. The topological polar surface area (TPSA) is 87.3 Å². The number of aryl methyl sites for hydroxylation is 1. The van der Waals surface area contributed by atoms with Gasteiger partial charge in [-0.2, -0.15) is 0 Å². The number of nitrogens with zero attached hydrogens (tertiary/aromatic N) is 3. The van der Waals surface area contributed by atoms with Crippen molar-refractivity contribution in [3.05, 3.63) is 85.8 Å². The van der Waals surface area contributed by atoms with Crippen molar-refractivity contribution in [1.29, 1.82) is 0 Å². The molecular formula is C24H22N4O4S. The molecule has 1 fully saturated rings. The molecule has 2 aromatic carbocycles. The lowest BCUT2D eigenvalue weighted by molar-refractivity contribution is 0.414. The van der Waals surface area contributed by atoms with E-state index >= 15 is 0 Å². The number of aromatic nitrogens is 3. The molecule has 0 spiro atoms. The van der Waals surface area contributed by atoms with Gasteiger partial charge in [0.05, 0.1) is 18.5 Å². The minimum absolute atomic E-state index is 0.146. The molecule has 0 bridgehead atoms. The average molecular weight is 463 g/mol. The second-order valence-electron chi connectivity index (χ2n) is 8.05. The van der Waals surface area contributed by atoms with Crippen molar-refractivity contribution in [3.63, 3.8) is 0 Å². The minimum atomic E-state index is -0.466. The Kier molecular flexibility index (Phi) is 5.13. The van der Waals surface area contributed by atoms with Crippen LogP contribution >= 0.6 is 12.6 Å². The van der Waals surface area contributed by atoms with Gasteiger partial charge in [-0.15, -0.1) is 12.6 Å². The highest BCUT2D eigenvalue weighted by Crippen LogP contribution is 2.33. The van der Waals surface area contributed by atoms with E-state index in [1.54, 1.807) is 38.4 Å². The van der Waals surface area contributed by atoms with E-state index in [9.17, 15) is 14.4 Å². The van der Waals surface area contributed by atoms with Crippen molar-refractivity contribution in [2.24, 2.45) is 7.05 Å². The molecule has 1 aliphatic carbocycles. The van der Waals surface area contributed by atoms with Crippen LogP contribution in [0.3, 0.4) is 0 Å². The summed E-state index contributed by atoms with van der Waals surface area (Å²) in [4.78, 5) is 40.9. The average Bonchev–Trinajstić information content (AvgIpc) is 3.64. The van der Waals surface area contributed by atoms with Gasteiger partial charge >= 0.3 is 5.69 Å². The van der Waals surface area contributed by atoms with Crippen molar-refractivity contribution < 1.29 is 4.74 Å². The molecular weight excluding hydrogens is 440 g/mol. The number of hydrogen-bond acceptors (Lipinski definition) is 6. The fourth-order valence-electron chi connectivity index (χ4n) is 3.98. The number of anilines is 2. The highest BCUT2D eigenvalue weighted by atomic mass is 32.1. The summed E-state index contributed by atoms with van der Waals surface area (Å²) < 4.78 is 9.31. The maximum absolute atomic E-state index is 13.6. The Morgan fingerprint density at radius 1 is 1.00 bits per heavy atom. The molecule has 1 N–H and O–H groups in total. The van der Waals surface area contributed by atoms with Gasteiger partial charge in [-0.1, -0.05) is 0 Å². The Labute approximate surface area is 194 Å². The number of thiol groups is 1. The van der Waals surface area contributed by atoms with Gasteiger partial charge in [-0.25, -0.2) is 9.36 Å². The molecule has 0 saturated heterocycles. The van der Waals surface area contributed by atoms with Crippen LogP contribution in [0.15, 0.2) is 73.9 Å². The van der Waals surface area contributed by atoms with Crippen molar-refractivity contribution in [1.82, 2.24) is 13.7 Å². The van der Waals surface area contributed by atoms with Gasteiger partial charge in [-0.3, -0.25) is 18.7 Å². The minimum Gasteiger partial charge on any atom is -0.497 e. The third-order valence-corrected chi connectivity index (χ3v) is 6.14. The van der Waals surface area contributed by atoms with Crippen LogP contribution in [0.1, 0.15) is 18.9 Å². The summed E-state index contributed by atoms with van der Waals surface area (Å²) in [6.07, 6.45) is 1.53. The maximum atomic E-state index is 13.6. The highest BCUT2D eigenvalue weighted by molar-refractivity contribution is 7.80. The zero-order chi connectivity index (χ0) is 23.3. The lowest BCUT2D eigenvalue weighted by Gasteiger charge is -2.19. The normalized spacial score (nSPS) is 13.3. The number of hydrogen-bond donors (Lipinski definition) is 2. The smallest absolute Gasteiger partial charge is 0.337 e. The van der Waals surface area contributed by atoms with E-state index in [0.29, 0.717) is 22.8 Å². The molecule has 0 atom stereocenters. The molecule has 0 amide bonds. The van der Waals surface area contributed by atoms with Crippen LogP contribution < -0.4 is 26.9 Å². The van der Waals surface area contributed by atoms with Crippen molar-refractivity contribution in [2.45, 2.75) is 23.8 Å². The van der Waals surface area contributed by atoms with E-state index in [1.165, 1.54) is 19.8 Å². The number of nitrogens with one attached hydrogen (secondary N) is 1.